The fourth-order valence-corrected chi connectivity index (χ4v) is 5.47. The highest BCUT2D eigenvalue weighted by molar-refractivity contribution is 7.15. The van der Waals surface area contributed by atoms with Crippen molar-refractivity contribution in [3.8, 4) is 0 Å². The van der Waals surface area contributed by atoms with Crippen molar-refractivity contribution >= 4 is 22.2 Å². The van der Waals surface area contributed by atoms with E-state index in [4.69, 9.17) is 0 Å². The van der Waals surface area contributed by atoms with Gasteiger partial charge in [-0.05, 0) is 50.9 Å². The number of hydrogen-bond donors (Lipinski definition) is 1. The number of nitrogens with zero attached hydrogens (tertiary/aromatic N) is 2. The fourth-order valence-electron chi connectivity index (χ4n) is 4.55. The number of thiazole rings is 1. The summed E-state index contributed by atoms with van der Waals surface area (Å²) >= 11 is 1.60. The Morgan fingerprint density at radius 2 is 2.36 bits per heavy atom. The molecule has 0 aromatic carbocycles. The molecule has 2 aromatic rings. The maximum atomic E-state index is 12.4. The Balaban J connectivity index is 1.40. The van der Waals surface area contributed by atoms with Gasteiger partial charge in [0.05, 0.1) is 12.1 Å². The summed E-state index contributed by atoms with van der Waals surface area (Å²) in [7, 11) is 0. The smallest absolute Gasteiger partial charge is 0.226 e. The van der Waals surface area contributed by atoms with E-state index in [0.29, 0.717) is 18.4 Å². The van der Waals surface area contributed by atoms with Crippen LogP contribution in [0.15, 0.2) is 11.6 Å². The monoisotopic (exact) mass is 317 g/mol. The van der Waals surface area contributed by atoms with Crippen LogP contribution in [0.4, 0.5) is 0 Å². The van der Waals surface area contributed by atoms with Crippen molar-refractivity contribution in [2.75, 3.05) is 0 Å². The molecule has 2 saturated carbocycles. The van der Waals surface area contributed by atoms with Gasteiger partial charge in [-0.1, -0.05) is 6.42 Å². The van der Waals surface area contributed by atoms with Crippen LogP contribution in [0.25, 0.3) is 4.96 Å². The molecule has 5 heteroatoms. The van der Waals surface area contributed by atoms with E-state index in [2.05, 4.69) is 17.2 Å². The van der Waals surface area contributed by atoms with Gasteiger partial charge >= 0.3 is 0 Å². The van der Waals surface area contributed by atoms with Crippen LogP contribution < -0.4 is 5.32 Å². The summed E-state index contributed by atoms with van der Waals surface area (Å²) in [6.07, 6.45) is 7.94. The molecule has 118 valence electrons. The minimum atomic E-state index is 0.140. The van der Waals surface area contributed by atoms with Crippen LogP contribution in [-0.2, 0) is 11.2 Å². The Bertz CT molecular complexity index is 704. The van der Waals surface area contributed by atoms with Gasteiger partial charge in [0.25, 0.3) is 0 Å². The van der Waals surface area contributed by atoms with Gasteiger partial charge in [0.1, 0.15) is 0 Å². The SMILES string of the molecule is Cc1cn2c(CC(=O)NC(C)C3CC4CCC3C4)csc2n1. The molecular formula is C17H23N3OS. The molecule has 2 aromatic heterocycles. The number of imidazole rings is 1. The predicted octanol–water partition coefficient (Wildman–Crippen LogP) is 3.19. The highest BCUT2D eigenvalue weighted by Crippen LogP contribution is 2.49. The lowest BCUT2D eigenvalue weighted by atomic mass is 9.84. The molecule has 4 rings (SSSR count). The van der Waals surface area contributed by atoms with E-state index in [-0.39, 0.29) is 5.91 Å². The first-order valence-electron chi connectivity index (χ1n) is 8.31. The first-order valence-corrected chi connectivity index (χ1v) is 9.19. The minimum absolute atomic E-state index is 0.140. The molecular weight excluding hydrogens is 294 g/mol. The van der Waals surface area contributed by atoms with Crippen molar-refractivity contribution in [1.82, 2.24) is 14.7 Å². The van der Waals surface area contributed by atoms with Crippen molar-refractivity contribution in [2.45, 2.75) is 52.0 Å². The highest BCUT2D eigenvalue weighted by Gasteiger charge is 2.42. The van der Waals surface area contributed by atoms with E-state index in [9.17, 15) is 4.79 Å². The normalized spacial score (nSPS) is 28.4. The number of hydrogen-bond acceptors (Lipinski definition) is 3. The van der Waals surface area contributed by atoms with Crippen molar-refractivity contribution in [3.05, 3.63) is 23.0 Å². The van der Waals surface area contributed by atoms with Crippen LogP contribution in [0.3, 0.4) is 0 Å². The molecule has 1 N–H and O–H groups in total. The summed E-state index contributed by atoms with van der Waals surface area (Å²) in [5.41, 5.74) is 2.04. The molecule has 0 saturated heterocycles. The zero-order valence-electron chi connectivity index (χ0n) is 13.2. The molecule has 22 heavy (non-hydrogen) atoms. The van der Waals surface area contributed by atoms with Gasteiger partial charge in [0.15, 0.2) is 4.96 Å². The van der Waals surface area contributed by atoms with Crippen molar-refractivity contribution in [2.24, 2.45) is 17.8 Å². The van der Waals surface area contributed by atoms with E-state index in [1.165, 1.54) is 25.7 Å². The molecule has 0 spiro atoms. The number of amides is 1. The van der Waals surface area contributed by atoms with E-state index in [1.54, 1.807) is 11.3 Å². The zero-order chi connectivity index (χ0) is 15.3. The molecule has 0 radical (unpaired) electrons. The number of nitrogens with one attached hydrogen (secondary N) is 1. The van der Waals surface area contributed by atoms with Gasteiger partial charge in [-0.25, -0.2) is 4.98 Å². The van der Waals surface area contributed by atoms with Gasteiger partial charge in [-0.15, -0.1) is 11.3 Å². The number of aryl methyl sites for hydroxylation is 1. The van der Waals surface area contributed by atoms with Crippen molar-refractivity contribution < 1.29 is 4.79 Å². The Morgan fingerprint density at radius 1 is 1.50 bits per heavy atom. The van der Waals surface area contributed by atoms with Crippen LogP contribution >= 0.6 is 11.3 Å². The summed E-state index contributed by atoms with van der Waals surface area (Å²) in [5.74, 6) is 2.62. The van der Waals surface area contributed by atoms with Gasteiger partial charge < -0.3 is 5.32 Å². The predicted molar refractivity (Wildman–Crippen MR) is 88.1 cm³/mol. The van der Waals surface area contributed by atoms with Crippen LogP contribution in [-0.4, -0.2) is 21.3 Å². The third-order valence-electron chi connectivity index (χ3n) is 5.57. The molecule has 1 amide bonds. The van der Waals surface area contributed by atoms with Crippen molar-refractivity contribution in [1.29, 1.82) is 0 Å². The Kier molecular flexibility index (Phi) is 3.48. The van der Waals surface area contributed by atoms with Crippen LogP contribution in [0, 0.1) is 24.7 Å². The molecule has 2 fully saturated rings. The quantitative estimate of drug-likeness (QED) is 0.941. The molecule has 2 bridgehead atoms. The summed E-state index contributed by atoms with van der Waals surface area (Å²) in [6.45, 7) is 4.18. The second-order valence-electron chi connectivity index (χ2n) is 7.13. The lowest BCUT2D eigenvalue weighted by Gasteiger charge is -2.28. The van der Waals surface area contributed by atoms with Gasteiger partial charge in [-0.3, -0.25) is 9.20 Å². The first-order chi connectivity index (χ1) is 10.6. The van der Waals surface area contributed by atoms with Crippen LogP contribution in [0.2, 0.25) is 0 Å². The Labute approximate surface area is 134 Å². The molecule has 0 aliphatic heterocycles. The first kappa shape index (κ1) is 14.2. The average Bonchev–Trinajstić information content (AvgIpc) is 3.21. The van der Waals surface area contributed by atoms with Crippen molar-refractivity contribution in [3.63, 3.8) is 0 Å². The Hall–Kier alpha value is -1.36. The second-order valence-corrected chi connectivity index (χ2v) is 7.97. The number of aromatic nitrogens is 2. The molecule has 4 nitrogen and oxygen atoms in total. The van der Waals surface area contributed by atoms with Gasteiger partial charge in [0.2, 0.25) is 5.91 Å². The maximum absolute atomic E-state index is 12.4. The molecule has 2 heterocycles. The largest absolute Gasteiger partial charge is 0.353 e. The molecule has 2 aliphatic rings. The zero-order valence-corrected chi connectivity index (χ0v) is 14.0. The van der Waals surface area contributed by atoms with E-state index >= 15 is 0 Å². The van der Waals surface area contributed by atoms with E-state index < -0.39 is 0 Å². The average molecular weight is 317 g/mol. The summed E-state index contributed by atoms with van der Waals surface area (Å²) in [5, 5.41) is 5.29. The van der Waals surface area contributed by atoms with Crippen LogP contribution in [0.1, 0.15) is 44.0 Å². The highest BCUT2D eigenvalue weighted by atomic mass is 32.1. The summed E-state index contributed by atoms with van der Waals surface area (Å²) in [4.78, 5) is 17.8. The standard InChI is InChI=1S/C17H23N3OS/c1-10-8-20-14(9-22-17(20)18-10)7-16(21)19-11(2)15-6-12-3-4-13(15)5-12/h8-9,11-13,15H,3-7H2,1-2H3,(H,19,21). The van der Waals surface area contributed by atoms with E-state index in [0.717, 1.165) is 28.2 Å². The lowest BCUT2D eigenvalue weighted by molar-refractivity contribution is -0.121. The Morgan fingerprint density at radius 3 is 3.09 bits per heavy atom. The second kappa shape index (κ2) is 5.37. The molecule has 2 aliphatic carbocycles. The molecule has 4 unspecified atom stereocenters. The number of carbonyl (C=O) groups excluding carboxylic acids is 1. The van der Waals surface area contributed by atoms with Crippen LogP contribution in [0.5, 0.6) is 0 Å². The number of carbonyl (C=O) groups is 1. The third kappa shape index (κ3) is 2.45. The third-order valence-corrected chi connectivity index (χ3v) is 6.46. The summed E-state index contributed by atoms with van der Waals surface area (Å²) in [6, 6.07) is 0.307. The molecule has 4 atom stereocenters. The van der Waals surface area contributed by atoms with Gasteiger partial charge in [0, 0.05) is 23.3 Å². The maximum Gasteiger partial charge on any atom is 0.226 e. The van der Waals surface area contributed by atoms with E-state index in [1.807, 2.05) is 22.9 Å². The lowest BCUT2D eigenvalue weighted by Crippen LogP contribution is -2.40. The fraction of sp³-hybridized carbons (Fsp3) is 0.647. The van der Waals surface area contributed by atoms with Gasteiger partial charge in [-0.2, -0.15) is 0 Å². The summed E-state index contributed by atoms with van der Waals surface area (Å²) < 4.78 is 2.04. The number of rotatable bonds is 4. The number of fused-ring (bicyclic) bond motifs is 3. The minimum Gasteiger partial charge on any atom is -0.353 e. The topological polar surface area (TPSA) is 46.4 Å².